The van der Waals surface area contributed by atoms with E-state index in [-0.39, 0.29) is 0 Å². The van der Waals surface area contributed by atoms with Gasteiger partial charge in [-0.15, -0.1) is 0 Å². The Morgan fingerprint density at radius 3 is 2.60 bits per heavy atom. The van der Waals surface area contributed by atoms with Crippen LogP contribution in [0, 0.1) is 0 Å². The molecule has 0 unspecified atom stereocenters. The van der Waals surface area contributed by atoms with Crippen molar-refractivity contribution >= 4 is 0 Å². The number of rotatable bonds is 1. The molecule has 50 valence electrons. The highest BCUT2D eigenvalue weighted by Gasteiger charge is 2.07. The van der Waals surface area contributed by atoms with E-state index in [9.17, 15) is 0 Å². The van der Waals surface area contributed by atoms with Crippen LogP contribution in [0.1, 0.15) is 11.7 Å². The van der Waals surface area contributed by atoms with Crippen LogP contribution >= 0.6 is 0 Å². The van der Waals surface area contributed by atoms with Gasteiger partial charge in [0.15, 0.2) is 0 Å². The summed E-state index contributed by atoms with van der Waals surface area (Å²) in [7, 11) is 0. The van der Waals surface area contributed by atoms with Crippen molar-refractivity contribution in [3.63, 3.8) is 0 Å². The van der Waals surface area contributed by atoms with Gasteiger partial charge in [0.25, 0.3) is 0 Å². The Morgan fingerprint density at radius 2 is 2.00 bits per heavy atom. The molecule has 1 heteroatoms. The van der Waals surface area contributed by atoms with Gasteiger partial charge in [0, 0.05) is 0 Å². The number of allylic oxidation sites excluding steroid dienone is 4. The highest BCUT2D eigenvalue weighted by Crippen LogP contribution is 2.22. The molecule has 0 saturated heterocycles. The summed E-state index contributed by atoms with van der Waals surface area (Å²) in [6.07, 6.45) is 9.99. The maximum atomic E-state index is 5.21. The van der Waals surface area contributed by atoms with Crippen molar-refractivity contribution in [1.29, 1.82) is 0 Å². The van der Waals surface area contributed by atoms with Gasteiger partial charge >= 0.3 is 0 Å². The van der Waals surface area contributed by atoms with Gasteiger partial charge in [-0.1, -0.05) is 24.3 Å². The van der Waals surface area contributed by atoms with Crippen LogP contribution in [0.25, 0.3) is 0 Å². The van der Waals surface area contributed by atoms with Crippen LogP contribution in [0.15, 0.2) is 47.1 Å². The lowest BCUT2D eigenvalue weighted by atomic mass is 10.1. The van der Waals surface area contributed by atoms with Crippen LogP contribution in [0.4, 0.5) is 0 Å². The van der Waals surface area contributed by atoms with Crippen molar-refractivity contribution in [2.45, 2.75) is 5.92 Å². The number of hydrogen-bond donors (Lipinski definition) is 0. The molecule has 1 aliphatic carbocycles. The molecule has 0 atom stereocenters. The second kappa shape index (κ2) is 2.18. The zero-order valence-electron chi connectivity index (χ0n) is 5.53. The van der Waals surface area contributed by atoms with E-state index in [1.54, 1.807) is 6.26 Å². The Kier molecular flexibility index (Phi) is 1.21. The van der Waals surface area contributed by atoms with Gasteiger partial charge < -0.3 is 4.42 Å². The Hall–Kier alpha value is -1.24. The van der Waals surface area contributed by atoms with E-state index >= 15 is 0 Å². The summed E-state index contributed by atoms with van der Waals surface area (Å²) in [4.78, 5) is 0. The molecule has 0 bridgehead atoms. The second-order valence-corrected chi connectivity index (χ2v) is 2.31. The molecule has 0 spiro atoms. The molecule has 1 nitrogen and oxygen atoms in total. The van der Waals surface area contributed by atoms with E-state index < -0.39 is 0 Å². The van der Waals surface area contributed by atoms with Crippen LogP contribution in [-0.4, -0.2) is 0 Å². The Balaban J connectivity index is 2.29. The van der Waals surface area contributed by atoms with Crippen molar-refractivity contribution in [1.82, 2.24) is 0 Å². The highest BCUT2D eigenvalue weighted by molar-refractivity contribution is 5.28. The molecule has 10 heavy (non-hydrogen) atoms. The Bertz CT molecular complexity index is 242. The van der Waals surface area contributed by atoms with Gasteiger partial charge in [0.1, 0.15) is 5.76 Å². The third kappa shape index (κ3) is 0.798. The fraction of sp³-hybridized carbons (Fsp3) is 0.111. The largest absolute Gasteiger partial charge is 0.468 e. The smallest absolute Gasteiger partial charge is 0.114 e. The molecule has 0 N–H and O–H groups in total. The van der Waals surface area contributed by atoms with E-state index in [1.165, 1.54) is 0 Å². The summed E-state index contributed by atoms with van der Waals surface area (Å²) >= 11 is 0. The topological polar surface area (TPSA) is 13.1 Å². The molecular formula is C9H8O. The second-order valence-electron chi connectivity index (χ2n) is 2.31. The average Bonchev–Trinajstić information content (AvgIpc) is 2.59. The van der Waals surface area contributed by atoms with Crippen LogP contribution < -0.4 is 0 Å². The zero-order valence-corrected chi connectivity index (χ0v) is 5.53. The molecule has 1 aromatic heterocycles. The van der Waals surface area contributed by atoms with Crippen LogP contribution in [0.5, 0.6) is 0 Å². The van der Waals surface area contributed by atoms with Crippen molar-refractivity contribution in [2.75, 3.05) is 0 Å². The quantitative estimate of drug-likeness (QED) is 0.572. The first kappa shape index (κ1) is 5.54. The lowest BCUT2D eigenvalue weighted by molar-refractivity contribution is 0.510. The van der Waals surface area contributed by atoms with Crippen molar-refractivity contribution in [2.24, 2.45) is 0 Å². The van der Waals surface area contributed by atoms with Gasteiger partial charge in [-0.05, 0) is 12.1 Å². The van der Waals surface area contributed by atoms with Gasteiger partial charge in [0.2, 0.25) is 0 Å². The van der Waals surface area contributed by atoms with E-state index in [0.29, 0.717) is 5.92 Å². The van der Waals surface area contributed by atoms with E-state index in [2.05, 4.69) is 12.2 Å². The van der Waals surface area contributed by atoms with E-state index in [1.807, 2.05) is 24.3 Å². The van der Waals surface area contributed by atoms with E-state index in [4.69, 9.17) is 4.42 Å². The normalized spacial score (nSPS) is 16.8. The minimum Gasteiger partial charge on any atom is -0.468 e. The van der Waals surface area contributed by atoms with Crippen molar-refractivity contribution < 1.29 is 4.42 Å². The molecule has 1 aromatic rings. The fourth-order valence-electron chi connectivity index (χ4n) is 1.10. The maximum absolute atomic E-state index is 5.21. The molecular weight excluding hydrogens is 124 g/mol. The number of furan rings is 1. The Labute approximate surface area is 59.7 Å². The Morgan fingerprint density at radius 1 is 1.20 bits per heavy atom. The monoisotopic (exact) mass is 132 g/mol. The predicted molar refractivity (Wildman–Crippen MR) is 39.7 cm³/mol. The van der Waals surface area contributed by atoms with Crippen molar-refractivity contribution in [3.8, 4) is 0 Å². The molecule has 0 radical (unpaired) electrons. The molecule has 1 aliphatic rings. The first-order chi connectivity index (χ1) is 4.97. The lowest BCUT2D eigenvalue weighted by Crippen LogP contribution is -1.82. The fourth-order valence-corrected chi connectivity index (χ4v) is 1.10. The minimum absolute atomic E-state index is 0.370. The van der Waals surface area contributed by atoms with E-state index in [0.717, 1.165) is 5.76 Å². The average molecular weight is 132 g/mol. The highest BCUT2D eigenvalue weighted by atomic mass is 16.3. The van der Waals surface area contributed by atoms with Gasteiger partial charge in [-0.25, -0.2) is 0 Å². The molecule has 0 aliphatic heterocycles. The van der Waals surface area contributed by atoms with Gasteiger partial charge in [0.05, 0.1) is 12.2 Å². The third-order valence-corrected chi connectivity index (χ3v) is 1.62. The minimum atomic E-state index is 0.370. The third-order valence-electron chi connectivity index (χ3n) is 1.62. The zero-order chi connectivity index (χ0) is 6.81. The molecule has 0 amide bonds. The van der Waals surface area contributed by atoms with Crippen molar-refractivity contribution in [3.05, 3.63) is 48.5 Å². The summed E-state index contributed by atoms with van der Waals surface area (Å²) in [5, 5.41) is 0. The summed E-state index contributed by atoms with van der Waals surface area (Å²) in [5.74, 6) is 1.39. The molecule has 0 saturated carbocycles. The summed E-state index contributed by atoms with van der Waals surface area (Å²) in [6.45, 7) is 0. The summed E-state index contributed by atoms with van der Waals surface area (Å²) in [6, 6.07) is 3.90. The summed E-state index contributed by atoms with van der Waals surface area (Å²) in [5.41, 5.74) is 0. The van der Waals surface area contributed by atoms with Gasteiger partial charge in [-0.3, -0.25) is 0 Å². The van der Waals surface area contributed by atoms with Crippen LogP contribution in [0.3, 0.4) is 0 Å². The summed E-state index contributed by atoms with van der Waals surface area (Å²) < 4.78 is 5.21. The predicted octanol–water partition coefficient (Wildman–Crippen LogP) is 2.49. The number of hydrogen-bond acceptors (Lipinski definition) is 1. The first-order valence-corrected chi connectivity index (χ1v) is 3.35. The van der Waals surface area contributed by atoms with Gasteiger partial charge in [-0.2, -0.15) is 0 Å². The molecule has 0 fully saturated rings. The molecule has 0 aromatic carbocycles. The standard InChI is InChI=1S/C9H8O/c1-2-5-8(4-1)9-6-3-7-10-9/h1-8H. The molecule has 2 rings (SSSR count). The van der Waals surface area contributed by atoms with Crippen LogP contribution in [-0.2, 0) is 0 Å². The molecule has 1 heterocycles. The maximum Gasteiger partial charge on any atom is 0.114 e. The lowest BCUT2D eigenvalue weighted by Gasteiger charge is -1.97. The SMILES string of the molecule is C1=CC(c2ccco2)C=C1. The first-order valence-electron chi connectivity index (χ1n) is 3.35. The van der Waals surface area contributed by atoms with Crippen LogP contribution in [0.2, 0.25) is 0 Å².